The van der Waals surface area contributed by atoms with Crippen molar-refractivity contribution in [2.75, 3.05) is 18.6 Å². The standard InChI is InChI=1S/C13H23N3O3S/c1-8(2)9(3)14-11(17)7-16-12(18)10(5-6-20-4)15-13(16)19/h8-10H,5-7H2,1-4H3,(H,14,17)(H,15,19)/t9-,10+/m1/s1. The lowest BCUT2D eigenvalue weighted by atomic mass is 10.1. The zero-order valence-electron chi connectivity index (χ0n) is 12.4. The molecular formula is C13H23N3O3S. The van der Waals surface area contributed by atoms with Crippen molar-refractivity contribution in [2.24, 2.45) is 5.92 Å². The number of hydrogen-bond donors (Lipinski definition) is 2. The van der Waals surface area contributed by atoms with Crippen LogP contribution in [0.2, 0.25) is 0 Å². The molecule has 2 N–H and O–H groups in total. The minimum atomic E-state index is -0.495. The summed E-state index contributed by atoms with van der Waals surface area (Å²) in [6, 6.07) is -0.964. The molecule has 0 saturated carbocycles. The number of carbonyl (C=O) groups excluding carboxylic acids is 3. The van der Waals surface area contributed by atoms with E-state index in [4.69, 9.17) is 0 Å². The van der Waals surface area contributed by atoms with Crippen LogP contribution >= 0.6 is 11.8 Å². The highest BCUT2D eigenvalue weighted by Gasteiger charge is 2.38. The van der Waals surface area contributed by atoms with E-state index < -0.39 is 12.1 Å². The Morgan fingerprint density at radius 3 is 2.60 bits per heavy atom. The summed E-state index contributed by atoms with van der Waals surface area (Å²) < 4.78 is 0. The van der Waals surface area contributed by atoms with Crippen molar-refractivity contribution < 1.29 is 14.4 Å². The lowest BCUT2D eigenvalue weighted by Gasteiger charge is -2.19. The van der Waals surface area contributed by atoms with Crippen LogP contribution < -0.4 is 10.6 Å². The first-order valence-electron chi connectivity index (χ1n) is 6.77. The normalized spacial score (nSPS) is 20.2. The second kappa shape index (κ2) is 7.52. The van der Waals surface area contributed by atoms with E-state index in [1.807, 2.05) is 27.0 Å². The molecule has 4 amide bonds. The zero-order valence-corrected chi connectivity index (χ0v) is 13.3. The number of hydrogen-bond acceptors (Lipinski definition) is 4. The topological polar surface area (TPSA) is 78.5 Å². The lowest BCUT2D eigenvalue weighted by molar-refractivity contribution is -0.132. The average molecular weight is 301 g/mol. The van der Waals surface area contributed by atoms with E-state index in [0.29, 0.717) is 12.3 Å². The fraction of sp³-hybridized carbons (Fsp3) is 0.769. The van der Waals surface area contributed by atoms with Gasteiger partial charge in [0, 0.05) is 6.04 Å². The first-order chi connectivity index (χ1) is 9.36. The van der Waals surface area contributed by atoms with Crippen LogP contribution in [0.3, 0.4) is 0 Å². The third-order valence-electron chi connectivity index (χ3n) is 3.41. The number of imide groups is 1. The Morgan fingerprint density at radius 1 is 1.40 bits per heavy atom. The smallest absolute Gasteiger partial charge is 0.325 e. The predicted molar refractivity (Wildman–Crippen MR) is 79.5 cm³/mol. The van der Waals surface area contributed by atoms with Crippen LogP contribution in [-0.4, -0.2) is 53.4 Å². The molecule has 0 aromatic carbocycles. The van der Waals surface area contributed by atoms with Gasteiger partial charge in [-0.3, -0.25) is 14.5 Å². The summed E-state index contributed by atoms with van der Waals surface area (Å²) in [6.45, 7) is 5.68. The minimum Gasteiger partial charge on any atom is -0.352 e. The number of rotatable bonds is 7. The molecule has 1 fully saturated rings. The lowest BCUT2D eigenvalue weighted by Crippen LogP contribution is -2.45. The summed E-state index contributed by atoms with van der Waals surface area (Å²) in [5.74, 6) is 0.481. The van der Waals surface area contributed by atoms with Crippen LogP contribution in [0.15, 0.2) is 0 Å². The van der Waals surface area contributed by atoms with Crippen LogP contribution in [0.25, 0.3) is 0 Å². The minimum absolute atomic E-state index is 0.00977. The largest absolute Gasteiger partial charge is 0.352 e. The average Bonchev–Trinajstić information content (AvgIpc) is 2.63. The van der Waals surface area contributed by atoms with Crippen molar-refractivity contribution in [3.63, 3.8) is 0 Å². The maximum atomic E-state index is 12.0. The molecule has 1 aliphatic rings. The molecule has 0 aliphatic carbocycles. The van der Waals surface area contributed by atoms with Crippen molar-refractivity contribution in [1.82, 2.24) is 15.5 Å². The quantitative estimate of drug-likeness (QED) is 0.682. The Hall–Kier alpha value is -1.24. The monoisotopic (exact) mass is 301 g/mol. The molecule has 7 heteroatoms. The van der Waals surface area contributed by atoms with Gasteiger partial charge >= 0.3 is 6.03 Å². The molecule has 0 aromatic rings. The van der Waals surface area contributed by atoms with Crippen LogP contribution in [0.5, 0.6) is 0 Å². The second-order valence-corrected chi connectivity index (χ2v) is 6.29. The van der Waals surface area contributed by atoms with Crippen LogP contribution in [0, 0.1) is 5.92 Å². The van der Waals surface area contributed by atoms with Gasteiger partial charge in [-0.05, 0) is 31.3 Å². The molecule has 0 spiro atoms. The van der Waals surface area contributed by atoms with Gasteiger partial charge < -0.3 is 10.6 Å². The second-order valence-electron chi connectivity index (χ2n) is 5.31. The van der Waals surface area contributed by atoms with Gasteiger partial charge in [0.25, 0.3) is 5.91 Å². The van der Waals surface area contributed by atoms with E-state index in [9.17, 15) is 14.4 Å². The number of nitrogens with one attached hydrogen (secondary N) is 2. The Labute approximate surface area is 124 Å². The number of amides is 4. The summed E-state index contributed by atoms with van der Waals surface area (Å²) in [4.78, 5) is 36.6. The Balaban J connectivity index is 2.53. The van der Waals surface area contributed by atoms with Crippen LogP contribution in [0.4, 0.5) is 4.79 Å². The summed E-state index contributed by atoms with van der Waals surface area (Å²) in [5, 5.41) is 5.40. The summed E-state index contributed by atoms with van der Waals surface area (Å²) in [7, 11) is 0. The number of urea groups is 1. The van der Waals surface area contributed by atoms with Crippen molar-refractivity contribution in [2.45, 2.75) is 39.3 Å². The zero-order chi connectivity index (χ0) is 15.3. The van der Waals surface area contributed by atoms with Gasteiger partial charge in [-0.2, -0.15) is 11.8 Å². The highest BCUT2D eigenvalue weighted by atomic mass is 32.2. The molecule has 0 radical (unpaired) electrons. The first kappa shape index (κ1) is 16.8. The molecule has 1 saturated heterocycles. The molecule has 1 aliphatic heterocycles. The highest BCUT2D eigenvalue weighted by Crippen LogP contribution is 2.11. The molecule has 0 bridgehead atoms. The predicted octanol–water partition coefficient (Wildman–Crippen LogP) is 0.821. The summed E-state index contributed by atoms with van der Waals surface area (Å²) >= 11 is 1.62. The Kier molecular flexibility index (Phi) is 6.32. The molecule has 114 valence electrons. The molecule has 1 heterocycles. The van der Waals surface area contributed by atoms with Gasteiger partial charge in [-0.15, -0.1) is 0 Å². The van der Waals surface area contributed by atoms with E-state index in [1.54, 1.807) is 11.8 Å². The van der Waals surface area contributed by atoms with Crippen molar-refractivity contribution in [3.05, 3.63) is 0 Å². The van der Waals surface area contributed by atoms with Gasteiger partial charge in [0.15, 0.2) is 0 Å². The number of carbonyl (C=O) groups is 3. The maximum absolute atomic E-state index is 12.0. The molecule has 1 rings (SSSR count). The molecule has 6 nitrogen and oxygen atoms in total. The molecule has 2 atom stereocenters. The van der Waals surface area contributed by atoms with Gasteiger partial charge in [-0.1, -0.05) is 13.8 Å². The van der Waals surface area contributed by atoms with E-state index >= 15 is 0 Å². The molecule has 20 heavy (non-hydrogen) atoms. The van der Waals surface area contributed by atoms with Gasteiger partial charge in [-0.25, -0.2) is 4.79 Å². The number of nitrogens with zero attached hydrogens (tertiary/aromatic N) is 1. The van der Waals surface area contributed by atoms with E-state index in [-0.39, 0.29) is 24.4 Å². The van der Waals surface area contributed by atoms with Crippen molar-refractivity contribution in [3.8, 4) is 0 Å². The maximum Gasteiger partial charge on any atom is 0.325 e. The summed E-state index contributed by atoms with van der Waals surface area (Å²) in [5.41, 5.74) is 0. The number of thioether (sulfide) groups is 1. The van der Waals surface area contributed by atoms with Gasteiger partial charge in [0.1, 0.15) is 12.6 Å². The van der Waals surface area contributed by atoms with Crippen molar-refractivity contribution in [1.29, 1.82) is 0 Å². The third-order valence-corrected chi connectivity index (χ3v) is 4.05. The molecule has 0 unspecified atom stereocenters. The summed E-state index contributed by atoms with van der Waals surface area (Å²) in [6.07, 6.45) is 2.53. The molecular weight excluding hydrogens is 278 g/mol. The fourth-order valence-corrected chi connectivity index (χ4v) is 2.24. The Morgan fingerprint density at radius 2 is 2.05 bits per heavy atom. The Bertz CT molecular complexity index is 387. The van der Waals surface area contributed by atoms with Crippen LogP contribution in [0.1, 0.15) is 27.2 Å². The van der Waals surface area contributed by atoms with E-state index in [0.717, 1.165) is 10.7 Å². The SMILES string of the molecule is CSCC[C@@H]1NC(=O)N(CC(=O)N[C@H](C)C(C)C)C1=O. The van der Waals surface area contributed by atoms with E-state index in [2.05, 4.69) is 10.6 Å². The van der Waals surface area contributed by atoms with Gasteiger partial charge in [0.05, 0.1) is 0 Å². The van der Waals surface area contributed by atoms with Gasteiger partial charge in [0.2, 0.25) is 5.91 Å². The molecule has 0 aromatic heterocycles. The highest BCUT2D eigenvalue weighted by molar-refractivity contribution is 7.98. The van der Waals surface area contributed by atoms with Crippen LogP contribution in [-0.2, 0) is 9.59 Å². The third kappa shape index (κ3) is 4.40. The van der Waals surface area contributed by atoms with E-state index in [1.165, 1.54) is 0 Å². The fourth-order valence-electron chi connectivity index (χ4n) is 1.77. The van der Waals surface area contributed by atoms with Crippen molar-refractivity contribution >= 4 is 29.6 Å². The first-order valence-corrected chi connectivity index (χ1v) is 8.16.